The van der Waals surface area contributed by atoms with E-state index in [-0.39, 0.29) is 23.7 Å². The highest BCUT2D eigenvalue weighted by atomic mass is 16.7. The van der Waals surface area contributed by atoms with Gasteiger partial charge in [-0.15, -0.1) is 0 Å². The average Bonchev–Trinajstić information content (AvgIpc) is 3.63. The molecule has 0 atom stereocenters. The fraction of sp³-hybridized carbons (Fsp3) is 0.302. The van der Waals surface area contributed by atoms with Gasteiger partial charge >= 0.3 is 7.12 Å². The predicted octanol–water partition coefficient (Wildman–Crippen LogP) is 11.1. The lowest BCUT2D eigenvalue weighted by molar-refractivity contribution is 0.00578. The highest BCUT2D eigenvalue weighted by molar-refractivity contribution is 6.62. The van der Waals surface area contributed by atoms with Gasteiger partial charge in [0.05, 0.1) is 22.2 Å². The first-order chi connectivity index (χ1) is 22.5. The van der Waals surface area contributed by atoms with E-state index in [1.165, 1.54) is 55.3 Å². The summed E-state index contributed by atoms with van der Waals surface area (Å²) >= 11 is 0. The van der Waals surface area contributed by atoms with E-state index in [1.807, 2.05) is 27.7 Å². The molecular weight excluding hydrogens is 573 g/mol. The quantitative estimate of drug-likeness (QED) is 0.184. The minimum Gasteiger partial charge on any atom is -0.399 e. The van der Waals surface area contributed by atoms with Gasteiger partial charge < -0.3 is 13.9 Å². The Bertz CT molecular complexity index is 2070. The van der Waals surface area contributed by atoms with Gasteiger partial charge in [0.15, 0.2) is 0 Å². The van der Waals surface area contributed by atoms with Gasteiger partial charge in [-0.3, -0.25) is 0 Å². The van der Waals surface area contributed by atoms with E-state index in [0.29, 0.717) is 0 Å². The number of nitrogens with zero attached hydrogens (tertiary/aromatic N) is 1. The van der Waals surface area contributed by atoms with E-state index in [0.717, 1.165) is 11.0 Å². The Labute approximate surface area is 281 Å². The smallest absolute Gasteiger partial charge is 0.399 e. The van der Waals surface area contributed by atoms with Crippen LogP contribution < -0.4 is 5.46 Å². The lowest BCUT2D eigenvalue weighted by atomic mass is 9.78. The number of para-hydroxylation sites is 1. The third kappa shape index (κ3) is 5.23. The van der Waals surface area contributed by atoms with Crippen LogP contribution in [0.15, 0.2) is 109 Å². The summed E-state index contributed by atoms with van der Waals surface area (Å²) in [6, 6.07) is 40.1. The molecule has 2 heterocycles. The van der Waals surface area contributed by atoms with Crippen molar-refractivity contribution in [3.05, 3.63) is 120 Å². The molecule has 0 amide bonds. The van der Waals surface area contributed by atoms with Crippen LogP contribution in [-0.4, -0.2) is 22.9 Å². The first-order valence-electron chi connectivity index (χ1n) is 17.3. The van der Waals surface area contributed by atoms with E-state index in [9.17, 15) is 0 Å². The molecular formula is C43H48BNO2. The third-order valence-electron chi connectivity index (χ3n) is 10.2. The van der Waals surface area contributed by atoms with Gasteiger partial charge in [0, 0.05) is 21.9 Å². The molecule has 0 bridgehead atoms. The summed E-state index contributed by atoms with van der Waals surface area (Å²) in [5, 5.41) is 2.50. The van der Waals surface area contributed by atoms with E-state index in [1.54, 1.807) is 0 Å². The second-order valence-corrected chi connectivity index (χ2v) is 13.7. The number of aromatic nitrogens is 1. The molecule has 0 unspecified atom stereocenters. The largest absolute Gasteiger partial charge is 0.494 e. The van der Waals surface area contributed by atoms with Crippen molar-refractivity contribution in [1.29, 1.82) is 0 Å². The van der Waals surface area contributed by atoms with Crippen LogP contribution >= 0.6 is 0 Å². The zero-order chi connectivity index (χ0) is 33.7. The van der Waals surface area contributed by atoms with Crippen LogP contribution in [0.2, 0.25) is 0 Å². The number of benzene rings is 5. The summed E-state index contributed by atoms with van der Waals surface area (Å²) in [6.45, 7) is 21.1. The standard InChI is InChI=1S/C39H36BNO2.2C2H6/c1-37(2)33-16-9-7-14-29(33)31-24-28(19-20-34(31)37)41-35-17-10-8-15-30(35)32-23-26(18-21-36(32)41)25-12-11-13-27(22-25)40-42-38(3,4)39(5,6)43-40;2*1-2/h7-24H,1-6H3;2*1-2H3. The molecule has 1 aromatic heterocycles. The molecule has 0 radical (unpaired) electrons. The topological polar surface area (TPSA) is 23.4 Å². The first-order valence-corrected chi connectivity index (χ1v) is 17.3. The van der Waals surface area contributed by atoms with Crippen LogP contribution in [0, 0.1) is 0 Å². The zero-order valence-electron chi connectivity index (χ0n) is 29.7. The van der Waals surface area contributed by atoms with E-state index < -0.39 is 0 Å². The zero-order valence-corrected chi connectivity index (χ0v) is 29.7. The maximum absolute atomic E-state index is 6.36. The molecule has 1 aliphatic carbocycles. The lowest BCUT2D eigenvalue weighted by Crippen LogP contribution is -2.41. The fourth-order valence-corrected chi connectivity index (χ4v) is 7.12. The normalized spacial score (nSPS) is 16.6. The summed E-state index contributed by atoms with van der Waals surface area (Å²) in [6.07, 6.45) is 0. The van der Waals surface area contributed by atoms with Crippen molar-refractivity contribution in [2.75, 3.05) is 0 Å². The first kappa shape index (κ1) is 32.8. The number of hydrogen-bond donors (Lipinski definition) is 0. The average molecular weight is 622 g/mol. The molecule has 1 aliphatic heterocycles. The second-order valence-electron chi connectivity index (χ2n) is 13.7. The monoisotopic (exact) mass is 621 g/mol. The molecule has 2 aliphatic rings. The fourth-order valence-electron chi connectivity index (χ4n) is 7.12. The van der Waals surface area contributed by atoms with Crippen molar-refractivity contribution in [2.45, 2.75) is 85.9 Å². The van der Waals surface area contributed by atoms with Crippen LogP contribution in [0.25, 0.3) is 49.7 Å². The Morgan fingerprint density at radius 1 is 0.511 bits per heavy atom. The van der Waals surface area contributed by atoms with Gasteiger partial charge in [0.2, 0.25) is 0 Å². The Kier molecular flexibility index (Phi) is 8.49. The van der Waals surface area contributed by atoms with E-state index >= 15 is 0 Å². The van der Waals surface area contributed by atoms with Crippen LogP contribution in [0.1, 0.15) is 80.4 Å². The van der Waals surface area contributed by atoms with Crippen molar-refractivity contribution in [3.63, 3.8) is 0 Å². The molecule has 1 saturated heterocycles. The third-order valence-corrected chi connectivity index (χ3v) is 10.2. The maximum Gasteiger partial charge on any atom is 0.494 e. The molecule has 8 rings (SSSR count). The summed E-state index contributed by atoms with van der Waals surface area (Å²) < 4.78 is 15.1. The SMILES string of the molecule is CC.CC.CC1(C)c2ccccc2-c2cc(-n3c4ccccc4c4cc(-c5cccc(B6OC(C)(C)C(C)(C)O6)c5)ccc43)ccc21. The molecule has 5 aromatic carbocycles. The van der Waals surface area contributed by atoms with Crippen molar-refractivity contribution < 1.29 is 9.31 Å². The molecule has 0 saturated carbocycles. The van der Waals surface area contributed by atoms with Gasteiger partial charge in [-0.2, -0.15) is 0 Å². The molecule has 240 valence electrons. The predicted molar refractivity (Wildman–Crippen MR) is 202 cm³/mol. The Morgan fingerprint density at radius 2 is 1.13 bits per heavy atom. The molecule has 47 heavy (non-hydrogen) atoms. The molecule has 0 spiro atoms. The number of rotatable bonds is 3. The van der Waals surface area contributed by atoms with Crippen LogP contribution in [0.5, 0.6) is 0 Å². The summed E-state index contributed by atoms with van der Waals surface area (Å²) in [5.41, 5.74) is 11.7. The van der Waals surface area contributed by atoms with Crippen molar-refractivity contribution in [2.24, 2.45) is 0 Å². The summed E-state index contributed by atoms with van der Waals surface area (Å²) in [7, 11) is -0.384. The lowest BCUT2D eigenvalue weighted by Gasteiger charge is -2.32. The summed E-state index contributed by atoms with van der Waals surface area (Å²) in [5.74, 6) is 0. The van der Waals surface area contributed by atoms with Gasteiger partial charge in [0.25, 0.3) is 0 Å². The van der Waals surface area contributed by atoms with Gasteiger partial charge in [-0.05, 0) is 96.9 Å². The van der Waals surface area contributed by atoms with Crippen LogP contribution in [0.3, 0.4) is 0 Å². The van der Waals surface area contributed by atoms with E-state index in [2.05, 4.69) is 155 Å². The van der Waals surface area contributed by atoms with Crippen molar-refractivity contribution >= 4 is 34.4 Å². The number of fused-ring (bicyclic) bond motifs is 6. The minimum absolute atomic E-state index is 0.00516. The molecule has 3 nitrogen and oxygen atoms in total. The number of hydrogen-bond acceptors (Lipinski definition) is 2. The molecule has 4 heteroatoms. The van der Waals surface area contributed by atoms with Gasteiger partial charge in [0.1, 0.15) is 0 Å². The Hall–Kier alpha value is -4.12. The summed E-state index contributed by atoms with van der Waals surface area (Å²) in [4.78, 5) is 0. The van der Waals surface area contributed by atoms with Gasteiger partial charge in [-0.1, -0.05) is 120 Å². The van der Waals surface area contributed by atoms with Crippen LogP contribution in [0.4, 0.5) is 0 Å². The Balaban J connectivity index is 0.000000932. The van der Waals surface area contributed by atoms with Crippen molar-refractivity contribution in [3.8, 4) is 27.9 Å². The molecule has 0 N–H and O–H groups in total. The molecule has 1 fully saturated rings. The maximum atomic E-state index is 6.36. The minimum atomic E-state index is -0.384. The Morgan fingerprint density at radius 3 is 1.87 bits per heavy atom. The van der Waals surface area contributed by atoms with Gasteiger partial charge in [-0.25, -0.2) is 0 Å². The van der Waals surface area contributed by atoms with E-state index in [4.69, 9.17) is 9.31 Å². The second kappa shape index (κ2) is 12.2. The molecule has 6 aromatic rings. The highest BCUT2D eigenvalue weighted by Crippen LogP contribution is 2.49. The highest BCUT2D eigenvalue weighted by Gasteiger charge is 2.51. The van der Waals surface area contributed by atoms with Crippen LogP contribution in [-0.2, 0) is 14.7 Å². The van der Waals surface area contributed by atoms with Crippen molar-refractivity contribution in [1.82, 2.24) is 4.57 Å².